The Morgan fingerprint density at radius 3 is 3.09 bits per heavy atom. The molecule has 0 fully saturated rings. The molecule has 124 valence electrons. The van der Waals surface area contributed by atoms with Crippen molar-refractivity contribution in [1.29, 1.82) is 0 Å². The largest absolute Gasteiger partial charge is 0.376 e. The average Bonchev–Trinajstić information content (AvgIpc) is 2.90. The Bertz CT molecular complexity index is 789. The van der Waals surface area contributed by atoms with Gasteiger partial charge in [0.2, 0.25) is 10.0 Å². The molecule has 1 N–H and O–H groups in total. The summed E-state index contributed by atoms with van der Waals surface area (Å²) in [5, 5.41) is 4.27. The average molecular weight is 339 g/mol. The minimum absolute atomic E-state index is 0.240. The van der Waals surface area contributed by atoms with Crippen molar-refractivity contribution in [2.75, 3.05) is 13.2 Å². The van der Waals surface area contributed by atoms with Gasteiger partial charge in [0.05, 0.1) is 31.7 Å². The van der Waals surface area contributed by atoms with E-state index in [1.165, 1.54) is 18.2 Å². The molecular formula is C15H18FN3O3S. The van der Waals surface area contributed by atoms with Crippen LogP contribution < -0.4 is 4.72 Å². The van der Waals surface area contributed by atoms with Gasteiger partial charge in [0.1, 0.15) is 5.82 Å². The summed E-state index contributed by atoms with van der Waals surface area (Å²) >= 11 is 0. The van der Waals surface area contributed by atoms with Gasteiger partial charge in [-0.05, 0) is 17.7 Å². The van der Waals surface area contributed by atoms with Crippen molar-refractivity contribution >= 4 is 10.0 Å². The number of hydrogen-bond donors (Lipinski definition) is 1. The molecule has 1 aromatic heterocycles. The third kappa shape index (κ3) is 4.15. The first-order chi connectivity index (χ1) is 11.0. The third-order valence-corrected chi connectivity index (χ3v) is 5.02. The van der Waals surface area contributed by atoms with Gasteiger partial charge in [-0.25, -0.2) is 17.5 Å². The Hall–Kier alpha value is -1.77. The van der Waals surface area contributed by atoms with Crippen molar-refractivity contribution in [2.45, 2.75) is 25.3 Å². The molecule has 0 saturated heterocycles. The van der Waals surface area contributed by atoms with Crippen LogP contribution in [-0.2, 0) is 40.1 Å². The molecule has 8 heteroatoms. The monoisotopic (exact) mass is 339 g/mol. The van der Waals surface area contributed by atoms with Crippen molar-refractivity contribution < 1.29 is 17.5 Å². The Morgan fingerprint density at radius 1 is 1.39 bits per heavy atom. The van der Waals surface area contributed by atoms with Gasteiger partial charge >= 0.3 is 0 Å². The summed E-state index contributed by atoms with van der Waals surface area (Å²) in [6.45, 7) is 1.91. The summed E-state index contributed by atoms with van der Waals surface area (Å²) in [6, 6.07) is 5.60. The second kappa shape index (κ2) is 6.77. The Labute approximate surface area is 134 Å². The second-order valence-electron chi connectivity index (χ2n) is 5.43. The Kier molecular flexibility index (Phi) is 4.74. The van der Waals surface area contributed by atoms with E-state index in [-0.39, 0.29) is 12.3 Å². The molecule has 2 aromatic rings. The summed E-state index contributed by atoms with van der Waals surface area (Å²) < 4.78 is 46.9. The molecule has 0 spiro atoms. The van der Waals surface area contributed by atoms with E-state index in [0.29, 0.717) is 25.3 Å². The zero-order valence-corrected chi connectivity index (χ0v) is 13.4. The van der Waals surface area contributed by atoms with E-state index in [0.717, 1.165) is 17.7 Å². The fourth-order valence-electron chi connectivity index (χ4n) is 2.61. The number of halogens is 1. The number of hydrogen-bond acceptors (Lipinski definition) is 4. The van der Waals surface area contributed by atoms with Crippen molar-refractivity contribution in [3.05, 3.63) is 53.1 Å². The minimum atomic E-state index is -3.51. The van der Waals surface area contributed by atoms with Gasteiger partial charge in [0, 0.05) is 24.2 Å². The van der Waals surface area contributed by atoms with E-state index >= 15 is 0 Å². The summed E-state index contributed by atoms with van der Waals surface area (Å²) in [7, 11) is -3.51. The quantitative estimate of drug-likeness (QED) is 0.859. The summed E-state index contributed by atoms with van der Waals surface area (Å²) in [4.78, 5) is 0. The summed E-state index contributed by atoms with van der Waals surface area (Å²) in [5.41, 5.74) is 2.57. The number of fused-ring (bicyclic) bond motifs is 1. The lowest BCUT2D eigenvalue weighted by atomic mass is 10.2. The molecule has 0 saturated carbocycles. The van der Waals surface area contributed by atoms with Crippen LogP contribution in [0.1, 0.15) is 16.8 Å². The van der Waals surface area contributed by atoms with Crippen LogP contribution in [0.15, 0.2) is 30.5 Å². The molecule has 0 radical (unpaired) electrons. The topological polar surface area (TPSA) is 73.2 Å². The maximum absolute atomic E-state index is 13.1. The first kappa shape index (κ1) is 16.1. The summed E-state index contributed by atoms with van der Waals surface area (Å²) in [6.07, 6.45) is 2.54. The Balaban J connectivity index is 1.56. The van der Waals surface area contributed by atoms with Crippen LogP contribution in [0.4, 0.5) is 4.39 Å². The fraction of sp³-hybridized carbons (Fsp3) is 0.400. The van der Waals surface area contributed by atoms with Gasteiger partial charge < -0.3 is 4.74 Å². The van der Waals surface area contributed by atoms with Crippen LogP contribution in [0.2, 0.25) is 0 Å². The van der Waals surface area contributed by atoms with Crippen molar-refractivity contribution in [2.24, 2.45) is 0 Å². The number of benzene rings is 1. The van der Waals surface area contributed by atoms with Crippen molar-refractivity contribution in [1.82, 2.24) is 14.5 Å². The molecule has 6 nitrogen and oxygen atoms in total. The summed E-state index contributed by atoms with van der Waals surface area (Å²) in [5.74, 6) is -0.682. The lowest BCUT2D eigenvalue weighted by Crippen LogP contribution is -2.29. The molecule has 1 aliphatic rings. The van der Waals surface area contributed by atoms with Crippen LogP contribution in [0.3, 0.4) is 0 Å². The lowest BCUT2D eigenvalue weighted by Gasteiger charge is -2.15. The number of ether oxygens (including phenoxy) is 1. The predicted octanol–water partition coefficient (Wildman–Crippen LogP) is 1.21. The van der Waals surface area contributed by atoms with E-state index in [1.807, 2.05) is 4.68 Å². The fourth-order valence-corrected chi connectivity index (χ4v) is 3.73. The number of aromatic nitrogens is 2. The van der Waals surface area contributed by atoms with Crippen molar-refractivity contribution in [3.8, 4) is 0 Å². The number of nitrogens with zero attached hydrogens (tertiary/aromatic N) is 2. The highest BCUT2D eigenvalue weighted by Crippen LogP contribution is 2.15. The number of rotatable bonds is 6. The molecule has 0 atom stereocenters. The van der Waals surface area contributed by atoms with Crippen LogP contribution >= 0.6 is 0 Å². The van der Waals surface area contributed by atoms with E-state index < -0.39 is 15.8 Å². The van der Waals surface area contributed by atoms with Gasteiger partial charge in [0.15, 0.2) is 0 Å². The van der Waals surface area contributed by atoms with Crippen LogP contribution in [0.25, 0.3) is 0 Å². The van der Waals surface area contributed by atoms with E-state index in [4.69, 9.17) is 4.74 Å². The normalized spacial score (nSPS) is 14.7. The molecule has 0 aliphatic carbocycles. The standard InChI is InChI=1S/C15H18FN3O3S/c16-14-3-1-2-12(8-14)11-23(20,21)18-5-6-19-15-4-7-22-10-13(15)9-17-19/h1-3,8-9,18H,4-7,10-11H2. The zero-order valence-electron chi connectivity index (χ0n) is 12.5. The molecule has 1 aliphatic heterocycles. The first-order valence-electron chi connectivity index (χ1n) is 7.36. The highest BCUT2D eigenvalue weighted by Gasteiger charge is 2.16. The van der Waals surface area contributed by atoms with E-state index in [1.54, 1.807) is 12.3 Å². The van der Waals surface area contributed by atoms with Gasteiger partial charge in [-0.2, -0.15) is 5.10 Å². The molecular weight excluding hydrogens is 321 g/mol. The molecule has 0 bridgehead atoms. The van der Waals surface area contributed by atoms with Gasteiger partial charge in [0.25, 0.3) is 0 Å². The molecule has 3 rings (SSSR count). The maximum atomic E-state index is 13.1. The van der Waals surface area contributed by atoms with Crippen LogP contribution in [0.5, 0.6) is 0 Å². The lowest BCUT2D eigenvalue weighted by molar-refractivity contribution is 0.109. The second-order valence-corrected chi connectivity index (χ2v) is 7.23. The zero-order chi connectivity index (χ0) is 16.3. The van der Waals surface area contributed by atoms with Gasteiger partial charge in [-0.15, -0.1) is 0 Å². The van der Waals surface area contributed by atoms with Crippen molar-refractivity contribution in [3.63, 3.8) is 0 Å². The van der Waals surface area contributed by atoms with Crippen LogP contribution in [-0.4, -0.2) is 31.3 Å². The molecule has 0 unspecified atom stereocenters. The highest BCUT2D eigenvalue weighted by molar-refractivity contribution is 7.88. The van der Waals surface area contributed by atoms with E-state index in [2.05, 4.69) is 9.82 Å². The smallest absolute Gasteiger partial charge is 0.215 e. The molecule has 2 heterocycles. The highest BCUT2D eigenvalue weighted by atomic mass is 32.2. The minimum Gasteiger partial charge on any atom is -0.376 e. The Morgan fingerprint density at radius 2 is 2.26 bits per heavy atom. The predicted molar refractivity (Wildman–Crippen MR) is 82.6 cm³/mol. The van der Waals surface area contributed by atoms with Gasteiger partial charge in [-0.1, -0.05) is 12.1 Å². The SMILES string of the molecule is O=S(=O)(Cc1cccc(F)c1)NCCn1ncc2c1CCOC2. The van der Waals surface area contributed by atoms with E-state index in [9.17, 15) is 12.8 Å². The van der Waals surface area contributed by atoms with Gasteiger partial charge in [-0.3, -0.25) is 4.68 Å². The molecule has 0 amide bonds. The number of nitrogens with one attached hydrogen (secondary N) is 1. The first-order valence-corrected chi connectivity index (χ1v) is 9.02. The number of sulfonamides is 1. The third-order valence-electron chi connectivity index (χ3n) is 3.67. The maximum Gasteiger partial charge on any atom is 0.215 e. The van der Waals surface area contributed by atoms with Crippen LogP contribution in [0, 0.1) is 5.82 Å². The molecule has 23 heavy (non-hydrogen) atoms. The molecule has 1 aromatic carbocycles.